The van der Waals surface area contributed by atoms with E-state index in [1.807, 2.05) is 31.2 Å². The van der Waals surface area contributed by atoms with Crippen LogP contribution < -0.4 is 14.8 Å². The lowest BCUT2D eigenvalue weighted by Crippen LogP contribution is -2.28. The van der Waals surface area contributed by atoms with Crippen molar-refractivity contribution in [3.8, 4) is 11.5 Å². The number of amides is 1. The number of hydrogen-bond donors (Lipinski definition) is 1. The highest BCUT2D eigenvalue weighted by molar-refractivity contribution is 5.94. The molecule has 4 heteroatoms. The Kier molecular flexibility index (Phi) is 6.43. The van der Waals surface area contributed by atoms with Gasteiger partial charge in [0.25, 0.3) is 5.91 Å². The second-order valence-electron chi connectivity index (χ2n) is 5.33. The van der Waals surface area contributed by atoms with E-state index >= 15 is 0 Å². The first-order valence-electron chi connectivity index (χ1n) is 7.96. The predicted octanol–water partition coefficient (Wildman–Crippen LogP) is 4.14. The number of benzene rings is 2. The zero-order valence-electron chi connectivity index (χ0n) is 14.1. The van der Waals surface area contributed by atoms with E-state index in [1.54, 1.807) is 37.5 Å². The number of ether oxygens (including phenoxy) is 2. The Morgan fingerprint density at radius 1 is 1.12 bits per heavy atom. The van der Waals surface area contributed by atoms with E-state index in [4.69, 9.17) is 9.47 Å². The summed E-state index contributed by atoms with van der Waals surface area (Å²) in [5, 5.41) is 3.06. The van der Waals surface area contributed by atoms with Gasteiger partial charge in [0.05, 0.1) is 13.2 Å². The van der Waals surface area contributed by atoms with Crippen molar-refractivity contribution < 1.29 is 14.3 Å². The van der Waals surface area contributed by atoms with Crippen LogP contribution in [0.5, 0.6) is 11.5 Å². The molecule has 0 radical (unpaired) electrons. The minimum atomic E-state index is -0.104. The molecule has 126 valence electrons. The van der Waals surface area contributed by atoms with E-state index in [0.29, 0.717) is 17.9 Å². The van der Waals surface area contributed by atoms with Crippen molar-refractivity contribution in [1.29, 1.82) is 0 Å². The summed E-state index contributed by atoms with van der Waals surface area (Å²) in [6.07, 6.45) is 2.49. The van der Waals surface area contributed by atoms with Crippen molar-refractivity contribution in [2.45, 2.75) is 19.4 Å². The molecule has 2 aromatic rings. The van der Waals surface area contributed by atoms with Crippen LogP contribution in [0.2, 0.25) is 0 Å². The average molecular weight is 325 g/mol. The summed E-state index contributed by atoms with van der Waals surface area (Å²) in [7, 11) is 1.64. The lowest BCUT2D eigenvalue weighted by Gasteiger charge is -2.18. The summed E-state index contributed by atoms with van der Waals surface area (Å²) in [6, 6.07) is 14.8. The molecular formula is C20H23NO3. The van der Waals surface area contributed by atoms with Crippen LogP contribution in [0.3, 0.4) is 0 Å². The van der Waals surface area contributed by atoms with E-state index in [2.05, 4.69) is 11.9 Å². The van der Waals surface area contributed by atoms with Crippen LogP contribution in [0.25, 0.3) is 0 Å². The Bertz CT molecular complexity index is 662. The van der Waals surface area contributed by atoms with E-state index < -0.39 is 0 Å². The smallest absolute Gasteiger partial charge is 0.251 e. The number of carbonyl (C=O) groups is 1. The second-order valence-corrected chi connectivity index (χ2v) is 5.33. The summed E-state index contributed by atoms with van der Waals surface area (Å²) in [5.41, 5.74) is 1.66. The lowest BCUT2D eigenvalue weighted by atomic mass is 10.0. The predicted molar refractivity (Wildman–Crippen MR) is 95.6 cm³/mol. The molecule has 0 heterocycles. The van der Waals surface area contributed by atoms with Crippen LogP contribution in [0.15, 0.2) is 61.2 Å². The highest BCUT2D eigenvalue weighted by Gasteiger charge is 2.14. The quantitative estimate of drug-likeness (QED) is 0.742. The largest absolute Gasteiger partial charge is 0.497 e. The molecule has 1 atom stereocenters. The van der Waals surface area contributed by atoms with E-state index in [-0.39, 0.29) is 11.9 Å². The summed E-state index contributed by atoms with van der Waals surface area (Å²) < 4.78 is 10.6. The lowest BCUT2D eigenvalue weighted by molar-refractivity contribution is 0.0935. The molecule has 0 bridgehead atoms. The molecule has 1 amide bonds. The minimum Gasteiger partial charge on any atom is -0.497 e. The molecule has 0 aromatic heterocycles. The van der Waals surface area contributed by atoms with Gasteiger partial charge >= 0.3 is 0 Å². The van der Waals surface area contributed by atoms with Crippen molar-refractivity contribution in [2.75, 3.05) is 13.7 Å². The van der Waals surface area contributed by atoms with Crippen molar-refractivity contribution in [2.24, 2.45) is 0 Å². The second kappa shape index (κ2) is 8.77. The van der Waals surface area contributed by atoms with Crippen LogP contribution in [0, 0.1) is 0 Å². The first-order valence-corrected chi connectivity index (χ1v) is 7.96. The summed E-state index contributed by atoms with van der Waals surface area (Å²) in [4.78, 5) is 12.4. The zero-order chi connectivity index (χ0) is 17.4. The Hall–Kier alpha value is -2.75. The van der Waals surface area contributed by atoms with Gasteiger partial charge in [0.2, 0.25) is 0 Å². The molecule has 1 N–H and O–H groups in total. The van der Waals surface area contributed by atoms with Crippen LogP contribution in [-0.4, -0.2) is 19.6 Å². The van der Waals surface area contributed by atoms with Gasteiger partial charge in [0.15, 0.2) is 0 Å². The summed E-state index contributed by atoms with van der Waals surface area (Å²) in [6.45, 7) is 6.09. The molecule has 2 rings (SSSR count). The summed E-state index contributed by atoms with van der Waals surface area (Å²) in [5.74, 6) is 1.41. The van der Waals surface area contributed by atoms with Gasteiger partial charge in [-0.3, -0.25) is 4.79 Å². The molecular weight excluding hydrogens is 302 g/mol. The standard InChI is InChI=1S/C20H23NO3/c1-4-14-24-18-12-8-16(9-13-18)20(22)21-19(5-2)15-6-10-17(23-3)11-7-15/h4,6-13,19H,1,5,14H2,2-3H3,(H,21,22)/t19-/m1/s1. The van der Waals surface area contributed by atoms with E-state index in [0.717, 1.165) is 17.7 Å². The van der Waals surface area contributed by atoms with Crippen LogP contribution >= 0.6 is 0 Å². The Morgan fingerprint density at radius 3 is 2.29 bits per heavy atom. The van der Waals surface area contributed by atoms with E-state index in [9.17, 15) is 4.79 Å². The number of rotatable bonds is 8. The molecule has 2 aromatic carbocycles. The van der Waals surface area contributed by atoms with Gasteiger partial charge in [-0.2, -0.15) is 0 Å². The van der Waals surface area contributed by atoms with Crippen LogP contribution in [0.1, 0.15) is 35.3 Å². The van der Waals surface area contributed by atoms with Gasteiger partial charge in [-0.15, -0.1) is 0 Å². The monoisotopic (exact) mass is 325 g/mol. The fraction of sp³-hybridized carbons (Fsp3) is 0.250. The molecule has 0 aliphatic rings. The number of hydrogen-bond acceptors (Lipinski definition) is 3. The SMILES string of the molecule is C=CCOc1ccc(C(=O)N[C@H](CC)c2ccc(OC)cc2)cc1. The molecule has 0 saturated heterocycles. The summed E-state index contributed by atoms with van der Waals surface area (Å²) >= 11 is 0. The molecule has 0 saturated carbocycles. The van der Waals surface area contributed by atoms with Gasteiger partial charge in [-0.05, 0) is 48.4 Å². The third-order valence-corrected chi connectivity index (χ3v) is 3.72. The molecule has 0 aliphatic heterocycles. The van der Waals surface area contributed by atoms with Crippen LogP contribution in [0.4, 0.5) is 0 Å². The number of nitrogens with one attached hydrogen (secondary N) is 1. The van der Waals surface area contributed by atoms with Gasteiger partial charge in [0, 0.05) is 5.56 Å². The maximum atomic E-state index is 12.4. The number of methoxy groups -OCH3 is 1. The highest BCUT2D eigenvalue weighted by atomic mass is 16.5. The van der Waals surface area contributed by atoms with Crippen molar-refractivity contribution in [1.82, 2.24) is 5.32 Å². The Morgan fingerprint density at radius 2 is 1.75 bits per heavy atom. The molecule has 4 nitrogen and oxygen atoms in total. The maximum absolute atomic E-state index is 12.4. The van der Waals surface area contributed by atoms with Crippen molar-refractivity contribution >= 4 is 5.91 Å². The third kappa shape index (κ3) is 4.62. The third-order valence-electron chi connectivity index (χ3n) is 3.72. The van der Waals surface area contributed by atoms with E-state index in [1.165, 1.54) is 0 Å². The number of carbonyl (C=O) groups excluding carboxylic acids is 1. The first kappa shape index (κ1) is 17.6. The fourth-order valence-electron chi connectivity index (χ4n) is 2.36. The van der Waals surface area contributed by atoms with Crippen molar-refractivity contribution in [3.63, 3.8) is 0 Å². The normalized spacial score (nSPS) is 11.4. The topological polar surface area (TPSA) is 47.6 Å². The minimum absolute atomic E-state index is 0.0416. The van der Waals surface area contributed by atoms with Crippen LogP contribution in [-0.2, 0) is 0 Å². The fourth-order valence-corrected chi connectivity index (χ4v) is 2.36. The molecule has 0 fully saturated rings. The molecule has 0 spiro atoms. The van der Waals surface area contributed by atoms with Gasteiger partial charge in [-0.25, -0.2) is 0 Å². The van der Waals surface area contributed by atoms with Gasteiger partial charge < -0.3 is 14.8 Å². The Labute approximate surface area is 143 Å². The van der Waals surface area contributed by atoms with Gasteiger partial charge in [-0.1, -0.05) is 31.7 Å². The molecule has 0 unspecified atom stereocenters. The van der Waals surface area contributed by atoms with Crippen molar-refractivity contribution in [3.05, 3.63) is 72.3 Å². The first-order chi connectivity index (χ1) is 11.7. The molecule has 24 heavy (non-hydrogen) atoms. The Balaban J connectivity index is 2.03. The maximum Gasteiger partial charge on any atom is 0.251 e. The molecule has 0 aliphatic carbocycles. The highest BCUT2D eigenvalue weighted by Crippen LogP contribution is 2.21. The van der Waals surface area contributed by atoms with Gasteiger partial charge in [0.1, 0.15) is 18.1 Å². The average Bonchev–Trinajstić information content (AvgIpc) is 2.64. The zero-order valence-corrected chi connectivity index (χ0v) is 14.1.